The number of halogens is 2. The fourth-order valence-electron chi connectivity index (χ4n) is 4.63. The van der Waals surface area contributed by atoms with Gasteiger partial charge in [0.2, 0.25) is 15.9 Å². The first-order valence-corrected chi connectivity index (χ1v) is 14.4. The Kier molecular flexibility index (Phi) is 8.54. The van der Waals surface area contributed by atoms with Crippen LogP contribution in [0.2, 0.25) is 10.0 Å². The molecule has 8 nitrogen and oxygen atoms in total. The second-order valence-electron chi connectivity index (χ2n) is 9.27. The lowest BCUT2D eigenvalue weighted by molar-refractivity contribution is -0.119. The van der Waals surface area contributed by atoms with Crippen LogP contribution in [0.5, 0.6) is 0 Å². The summed E-state index contributed by atoms with van der Waals surface area (Å²) < 4.78 is 31.0. The average molecular weight is 542 g/mol. The van der Waals surface area contributed by atoms with Gasteiger partial charge in [-0.25, -0.2) is 18.1 Å². The van der Waals surface area contributed by atoms with Gasteiger partial charge in [0.05, 0.1) is 11.3 Å². The van der Waals surface area contributed by atoms with E-state index in [0.29, 0.717) is 46.6 Å². The maximum atomic E-state index is 12.8. The van der Waals surface area contributed by atoms with Gasteiger partial charge < -0.3 is 15.4 Å². The van der Waals surface area contributed by atoms with Gasteiger partial charge in [0, 0.05) is 59.8 Å². The van der Waals surface area contributed by atoms with Crippen LogP contribution in [0.15, 0.2) is 30.5 Å². The number of aromatic nitrogens is 1. The highest BCUT2D eigenvalue weighted by Gasteiger charge is 2.31. The van der Waals surface area contributed by atoms with Crippen molar-refractivity contribution in [1.29, 1.82) is 0 Å². The van der Waals surface area contributed by atoms with Crippen LogP contribution in [0.25, 0.3) is 11.1 Å². The van der Waals surface area contributed by atoms with Gasteiger partial charge in [-0.05, 0) is 62.3 Å². The molecule has 11 heteroatoms. The minimum absolute atomic E-state index is 0.193. The summed E-state index contributed by atoms with van der Waals surface area (Å²) in [6, 6.07) is 7.19. The van der Waals surface area contributed by atoms with Gasteiger partial charge in [-0.15, -0.1) is 0 Å². The Hall–Kier alpha value is -1.91. The van der Waals surface area contributed by atoms with Crippen LogP contribution in [0.4, 0.5) is 11.5 Å². The first-order chi connectivity index (χ1) is 16.7. The number of nitrogens with zero attached hydrogens (tertiary/aromatic N) is 1. The van der Waals surface area contributed by atoms with Crippen molar-refractivity contribution in [2.75, 3.05) is 36.6 Å². The molecule has 0 spiro atoms. The first-order valence-electron chi connectivity index (χ1n) is 11.7. The van der Waals surface area contributed by atoms with Gasteiger partial charge in [-0.3, -0.25) is 4.79 Å². The molecule has 2 atom stereocenters. The fourth-order valence-corrected chi connectivity index (χ4v) is 5.87. The SMILES string of the molecule is CS(=O)(=O)N[C@H]1CC[C@@H](C(=O)Nc2cc(-c3cc(NCC4CCOCC4)ccc3Cl)c(Cl)cn2)C1. The molecule has 190 valence electrons. The van der Waals surface area contributed by atoms with Crippen molar-refractivity contribution in [2.24, 2.45) is 11.8 Å². The van der Waals surface area contributed by atoms with E-state index in [1.807, 2.05) is 18.2 Å². The number of ether oxygens (including phenoxy) is 1. The Labute approximate surface area is 216 Å². The average Bonchev–Trinajstić information content (AvgIpc) is 3.27. The van der Waals surface area contributed by atoms with E-state index in [1.54, 1.807) is 6.07 Å². The Morgan fingerprint density at radius 1 is 1.09 bits per heavy atom. The van der Waals surface area contributed by atoms with Gasteiger partial charge in [0.15, 0.2) is 0 Å². The number of amides is 1. The standard InChI is InChI=1S/C24H30Cl2N4O4S/c1-35(32,33)30-18-3-2-16(10-18)24(31)29-23-12-20(22(26)14-28-23)19-11-17(4-5-21(19)25)27-13-15-6-8-34-9-7-15/h4-5,11-12,14-16,18,27,30H,2-3,6-10,13H2,1H3,(H,28,29,31)/t16-,18+/m1/s1. The van der Waals surface area contributed by atoms with Crippen LogP contribution in [-0.2, 0) is 19.6 Å². The van der Waals surface area contributed by atoms with Gasteiger partial charge in [-0.2, -0.15) is 0 Å². The van der Waals surface area contributed by atoms with E-state index < -0.39 is 10.0 Å². The molecule has 4 rings (SSSR count). The number of nitrogens with one attached hydrogen (secondary N) is 3. The van der Waals surface area contributed by atoms with Crippen LogP contribution in [0.1, 0.15) is 32.1 Å². The Morgan fingerprint density at radius 3 is 2.57 bits per heavy atom. The van der Waals surface area contributed by atoms with Crippen LogP contribution in [0, 0.1) is 11.8 Å². The third kappa shape index (κ3) is 7.30. The predicted octanol–water partition coefficient (Wildman–Crippen LogP) is 4.55. The molecule has 2 aliphatic rings. The Balaban J connectivity index is 1.45. The van der Waals surface area contributed by atoms with E-state index in [1.165, 1.54) is 6.20 Å². The largest absolute Gasteiger partial charge is 0.385 e. The summed E-state index contributed by atoms with van der Waals surface area (Å²) >= 11 is 13.0. The van der Waals surface area contributed by atoms with Crippen LogP contribution in [0.3, 0.4) is 0 Å². The number of carbonyl (C=O) groups excluding carboxylic acids is 1. The molecular weight excluding hydrogens is 511 g/mol. The van der Waals surface area contributed by atoms with Crippen molar-refractivity contribution in [3.8, 4) is 11.1 Å². The minimum Gasteiger partial charge on any atom is -0.385 e. The lowest BCUT2D eigenvalue weighted by Gasteiger charge is -2.23. The summed E-state index contributed by atoms with van der Waals surface area (Å²) in [5.74, 6) is 0.445. The maximum absolute atomic E-state index is 12.8. The topological polar surface area (TPSA) is 109 Å². The number of hydrogen-bond donors (Lipinski definition) is 3. The second kappa shape index (κ2) is 11.4. The van der Waals surface area contributed by atoms with Crippen molar-refractivity contribution in [3.63, 3.8) is 0 Å². The zero-order valence-corrected chi connectivity index (χ0v) is 21.8. The lowest BCUT2D eigenvalue weighted by Crippen LogP contribution is -2.32. The normalized spacial score (nSPS) is 21.1. The van der Waals surface area contributed by atoms with Crippen molar-refractivity contribution in [3.05, 3.63) is 40.5 Å². The van der Waals surface area contributed by atoms with E-state index in [4.69, 9.17) is 27.9 Å². The van der Waals surface area contributed by atoms with Crippen LogP contribution in [-0.4, -0.2) is 51.4 Å². The number of carbonyl (C=O) groups is 1. The Bertz CT molecular complexity index is 1170. The first kappa shape index (κ1) is 26.2. The van der Waals surface area contributed by atoms with E-state index >= 15 is 0 Å². The van der Waals surface area contributed by atoms with E-state index in [9.17, 15) is 13.2 Å². The smallest absolute Gasteiger partial charge is 0.228 e. The summed E-state index contributed by atoms with van der Waals surface area (Å²) in [6.45, 7) is 2.45. The summed E-state index contributed by atoms with van der Waals surface area (Å²) in [5, 5.41) is 7.29. The highest BCUT2D eigenvalue weighted by molar-refractivity contribution is 7.88. The molecule has 1 aromatic carbocycles. The predicted molar refractivity (Wildman–Crippen MR) is 139 cm³/mol. The van der Waals surface area contributed by atoms with E-state index in [2.05, 4.69) is 20.3 Å². The van der Waals surface area contributed by atoms with Crippen molar-refractivity contribution >= 4 is 50.6 Å². The fraction of sp³-hybridized carbons (Fsp3) is 0.500. The molecule has 3 N–H and O–H groups in total. The van der Waals surface area contributed by atoms with Crippen molar-refractivity contribution in [1.82, 2.24) is 9.71 Å². The molecule has 2 aromatic rings. The quantitative estimate of drug-likeness (QED) is 0.453. The maximum Gasteiger partial charge on any atom is 0.228 e. The minimum atomic E-state index is -3.31. The van der Waals surface area contributed by atoms with Gasteiger partial charge in [-0.1, -0.05) is 23.2 Å². The highest BCUT2D eigenvalue weighted by atomic mass is 35.5. The molecule has 0 radical (unpaired) electrons. The van der Waals surface area contributed by atoms with Crippen LogP contribution >= 0.6 is 23.2 Å². The molecule has 1 amide bonds. The molecule has 1 saturated carbocycles. The summed E-state index contributed by atoms with van der Waals surface area (Å²) in [7, 11) is -3.31. The number of sulfonamides is 1. The molecule has 1 aromatic heterocycles. The molecule has 2 heterocycles. The highest BCUT2D eigenvalue weighted by Crippen LogP contribution is 2.36. The number of anilines is 2. The number of rotatable bonds is 8. The lowest BCUT2D eigenvalue weighted by atomic mass is 10.00. The van der Waals surface area contributed by atoms with E-state index in [0.717, 1.165) is 50.1 Å². The number of hydrogen-bond acceptors (Lipinski definition) is 6. The third-order valence-electron chi connectivity index (χ3n) is 6.48. The molecule has 0 unspecified atom stereocenters. The van der Waals surface area contributed by atoms with Gasteiger partial charge >= 0.3 is 0 Å². The molecular formula is C24H30Cl2N4O4S. The Morgan fingerprint density at radius 2 is 1.83 bits per heavy atom. The monoisotopic (exact) mass is 540 g/mol. The molecule has 2 fully saturated rings. The van der Waals surface area contributed by atoms with Gasteiger partial charge in [0.25, 0.3) is 0 Å². The molecule has 1 aliphatic heterocycles. The second-order valence-corrected chi connectivity index (χ2v) is 11.9. The number of pyridine rings is 1. The van der Waals surface area contributed by atoms with Crippen molar-refractivity contribution in [2.45, 2.75) is 38.1 Å². The summed E-state index contributed by atoms with van der Waals surface area (Å²) in [6.07, 6.45) is 6.37. The molecule has 0 bridgehead atoms. The molecule has 1 aliphatic carbocycles. The molecule has 35 heavy (non-hydrogen) atoms. The van der Waals surface area contributed by atoms with E-state index in [-0.39, 0.29) is 17.9 Å². The summed E-state index contributed by atoms with van der Waals surface area (Å²) in [5.41, 5.74) is 2.34. The zero-order valence-electron chi connectivity index (χ0n) is 19.5. The zero-order chi connectivity index (χ0) is 25.0. The van der Waals surface area contributed by atoms with Gasteiger partial charge in [0.1, 0.15) is 5.82 Å². The molecule has 1 saturated heterocycles. The van der Waals surface area contributed by atoms with Crippen LogP contribution < -0.4 is 15.4 Å². The number of benzene rings is 1. The third-order valence-corrected chi connectivity index (χ3v) is 7.88. The summed E-state index contributed by atoms with van der Waals surface area (Å²) in [4.78, 5) is 17.1. The van der Waals surface area contributed by atoms with Crippen molar-refractivity contribution < 1.29 is 17.9 Å².